The number of ether oxygens (including phenoxy) is 1. The number of hydrogen-bond donors (Lipinski definition) is 1. The van der Waals surface area contributed by atoms with E-state index in [0.29, 0.717) is 0 Å². The van der Waals surface area contributed by atoms with Crippen LogP contribution in [-0.2, 0) is 9.53 Å². The van der Waals surface area contributed by atoms with Crippen molar-refractivity contribution in [3.05, 3.63) is 78.4 Å². The number of carbonyl (C=O) groups excluding carboxylic acids is 2. The Hall–Kier alpha value is -3.25. The highest BCUT2D eigenvalue weighted by atomic mass is 32.2. The van der Waals surface area contributed by atoms with Crippen LogP contribution in [0.2, 0.25) is 0 Å². The summed E-state index contributed by atoms with van der Waals surface area (Å²) < 4.78 is 5.18. The van der Waals surface area contributed by atoms with Gasteiger partial charge in [0.15, 0.2) is 6.61 Å². The van der Waals surface area contributed by atoms with Crippen LogP contribution >= 0.6 is 11.8 Å². The fourth-order valence-corrected chi connectivity index (χ4v) is 3.94. The Morgan fingerprint density at radius 1 is 0.889 bits per heavy atom. The maximum absolute atomic E-state index is 12.9. The van der Waals surface area contributed by atoms with E-state index >= 15 is 0 Å². The smallest absolute Gasteiger partial charge is 0.338 e. The highest BCUT2D eigenvalue weighted by molar-refractivity contribution is 7.99. The maximum atomic E-state index is 12.9. The van der Waals surface area contributed by atoms with Gasteiger partial charge in [0.2, 0.25) is 0 Å². The van der Waals surface area contributed by atoms with Gasteiger partial charge in [-0.25, -0.2) is 4.79 Å². The van der Waals surface area contributed by atoms with Crippen molar-refractivity contribution in [1.82, 2.24) is 0 Å². The number of amides is 1. The van der Waals surface area contributed by atoms with E-state index < -0.39 is 12.6 Å². The first-order valence-electron chi connectivity index (χ1n) is 8.28. The lowest BCUT2D eigenvalue weighted by molar-refractivity contribution is -0.121. The lowest BCUT2D eigenvalue weighted by Crippen LogP contribution is -2.32. The SMILES string of the molecule is O=C(OCC(=O)N1c2ccccc2Sc2ccccc21)c1cccc(O)c1. The first-order chi connectivity index (χ1) is 13.1. The summed E-state index contributed by atoms with van der Waals surface area (Å²) in [5.74, 6) is -1.04. The standard InChI is InChI=1S/C21H15NO4S/c23-15-7-5-6-14(12-15)21(25)26-13-20(24)22-16-8-1-3-10-18(16)27-19-11-4-2-9-17(19)22/h1-12,23H,13H2. The summed E-state index contributed by atoms with van der Waals surface area (Å²) in [5, 5.41) is 9.48. The number of carbonyl (C=O) groups is 2. The molecule has 0 fully saturated rings. The number of hydrogen-bond acceptors (Lipinski definition) is 5. The minimum atomic E-state index is -0.660. The molecule has 1 aliphatic rings. The van der Waals surface area contributed by atoms with Crippen molar-refractivity contribution in [2.24, 2.45) is 0 Å². The molecule has 134 valence electrons. The predicted octanol–water partition coefficient (Wildman–Crippen LogP) is 4.38. The number of para-hydroxylation sites is 2. The van der Waals surface area contributed by atoms with Gasteiger partial charge in [-0.3, -0.25) is 9.69 Å². The molecular weight excluding hydrogens is 362 g/mol. The summed E-state index contributed by atoms with van der Waals surface area (Å²) in [5.41, 5.74) is 1.72. The quantitative estimate of drug-likeness (QED) is 0.686. The van der Waals surface area contributed by atoms with Crippen molar-refractivity contribution in [1.29, 1.82) is 0 Å². The van der Waals surface area contributed by atoms with Crippen LogP contribution in [-0.4, -0.2) is 23.6 Å². The Balaban J connectivity index is 1.58. The Kier molecular flexibility index (Phi) is 4.56. The minimum Gasteiger partial charge on any atom is -0.508 e. The second-order valence-corrected chi connectivity index (χ2v) is 6.98. The Morgan fingerprint density at radius 3 is 2.15 bits per heavy atom. The molecule has 6 heteroatoms. The molecule has 0 aliphatic carbocycles. The molecule has 1 heterocycles. The first kappa shape index (κ1) is 17.2. The van der Waals surface area contributed by atoms with E-state index in [2.05, 4.69) is 0 Å². The summed E-state index contributed by atoms with van der Waals surface area (Å²) in [6.07, 6.45) is 0. The zero-order valence-electron chi connectivity index (χ0n) is 14.2. The lowest BCUT2D eigenvalue weighted by atomic mass is 10.2. The second kappa shape index (κ2) is 7.17. The van der Waals surface area contributed by atoms with Gasteiger partial charge in [-0.05, 0) is 42.5 Å². The third kappa shape index (κ3) is 3.39. The highest BCUT2D eigenvalue weighted by Gasteiger charge is 2.28. The summed E-state index contributed by atoms with van der Waals surface area (Å²) in [7, 11) is 0. The monoisotopic (exact) mass is 377 g/mol. The number of rotatable bonds is 3. The first-order valence-corrected chi connectivity index (χ1v) is 9.10. The molecule has 1 amide bonds. The molecule has 0 saturated carbocycles. The van der Waals surface area contributed by atoms with Crippen molar-refractivity contribution < 1.29 is 19.4 Å². The largest absolute Gasteiger partial charge is 0.508 e. The fourth-order valence-electron chi connectivity index (χ4n) is 2.88. The highest BCUT2D eigenvalue weighted by Crippen LogP contribution is 2.47. The van der Waals surface area contributed by atoms with Crippen molar-refractivity contribution in [3.8, 4) is 5.75 Å². The zero-order valence-corrected chi connectivity index (χ0v) is 15.0. The average Bonchev–Trinajstić information content (AvgIpc) is 2.70. The molecule has 27 heavy (non-hydrogen) atoms. The van der Waals surface area contributed by atoms with Gasteiger partial charge in [0.25, 0.3) is 5.91 Å². The number of esters is 1. The van der Waals surface area contributed by atoms with E-state index in [1.807, 2.05) is 48.5 Å². The second-order valence-electron chi connectivity index (χ2n) is 5.89. The van der Waals surface area contributed by atoms with Crippen molar-refractivity contribution in [2.75, 3.05) is 11.5 Å². The average molecular weight is 377 g/mol. The Bertz CT molecular complexity index is 988. The minimum absolute atomic E-state index is 0.0355. The number of fused-ring (bicyclic) bond motifs is 2. The van der Waals surface area contributed by atoms with Crippen molar-refractivity contribution in [3.63, 3.8) is 0 Å². The van der Waals surface area contributed by atoms with Crippen LogP contribution in [0.3, 0.4) is 0 Å². The van der Waals surface area contributed by atoms with Gasteiger partial charge in [0, 0.05) is 9.79 Å². The van der Waals surface area contributed by atoms with Crippen LogP contribution in [0.1, 0.15) is 10.4 Å². The zero-order chi connectivity index (χ0) is 18.8. The molecule has 1 aliphatic heterocycles. The molecule has 0 aromatic heterocycles. The Labute approximate surface area is 160 Å². The molecule has 4 rings (SSSR count). The van der Waals surface area contributed by atoms with Crippen molar-refractivity contribution >= 4 is 35.0 Å². The van der Waals surface area contributed by atoms with E-state index in [-0.39, 0.29) is 17.2 Å². The number of nitrogens with zero attached hydrogens (tertiary/aromatic N) is 1. The van der Waals surface area contributed by atoms with Crippen LogP contribution in [0.5, 0.6) is 5.75 Å². The van der Waals surface area contributed by atoms with Gasteiger partial charge in [-0.15, -0.1) is 0 Å². The number of phenols is 1. The molecule has 0 radical (unpaired) electrons. The van der Waals surface area contributed by atoms with E-state index in [1.165, 1.54) is 18.2 Å². The van der Waals surface area contributed by atoms with Gasteiger partial charge in [0.05, 0.1) is 16.9 Å². The summed E-state index contributed by atoms with van der Waals surface area (Å²) in [6.45, 7) is -0.401. The van der Waals surface area contributed by atoms with E-state index in [9.17, 15) is 14.7 Å². The van der Waals surface area contributed by atoms with E-state index in [0.717, 1.165) is 21.2 Å². The summed E-state index contributed by atoms with van der Waals surface area (Å²) in [4.78, 5) is 28.6. The third-order valence-electron chi connectivity index (χ3n) is 4.09. The lowest BCUT2D eigenvalue weighted by Gasteiger charge is -2.30. The molecule has 1 N–H and O–H groups in total. The molecule has 0 spiro atoms. The molecule has 3 aromatic carbocycles. The molecular formula is C21H15NO4S. The van der Waals surface area contributed by atoms with Crippen LogP contribution in [0, 0.1) is 0 Å². The summed E-state index contributed by atoms with van der Waals surface area (Å²) in [6, 6.07) is 21.0. The predicted molar refractivity (Wildman–Crippen MR) is 103 cm³/mol. The fraction of sp³-hybridized carbons (Fsp3) is 0.0476. The van der Waals surface area contributed by atoms with Crippen molar-refractivity contribution in [2.45, 2.75) is 9.79 Å². The topological polar surface area (TPSA) is 66.8 Å². The van der Waals surface area contributed by atoms with Crippen LogP contribution in [0.25, 0.3) is 0 Å². The van der Waals surface area contributed by atoms with Crippen LogP contribution in [0.4, 0.5) is 11.4 Å². The Morgan fingerprint density at radius 2 is 1.52 bits per heavy atom. The number of benzene rings is 3. The van der Waals surface area contributed by atoms with Crippen LogP contribution < -0.4 is 4.90 Å². The molecule has 3 aromatic rings. The van der Waals surface area contributed by atoms with Gasteiger partial charge in [-0.1, -0.05) is 42.1 Å². The van der Waals surface area contributed by atoms with Gasteiger partial charge in [0.1, 0.15) is 5.75 Å². The number of aromatic hydroxyl groups is 1. The molecule has 0 unspecified atom stereocenters. The molecule has 0 saturated heterocycles. The van der Waals surface area contributed by atoms with E-state index in [4.69, 9.17) is 4.74 Å². The van der Waals surface area contributed by atoms with Gasteiger partial charge >= 0.3 is 5.97 Å². The summed E-state index contributed by atoms with van der Waals surface area (Å²) >= 11 is 1.60. The number of anilines is 2. The normalized spacial score (nSPS) is 12.1. The number of phenolic OH excluding ortho intramolecular Hbond substituents is 1. The van der Waals surface area contributed by atoms with E-state index in [1.54, 1.807) is 22.7 Å². The van der Waals surface area contributed by atoms with Crippen LogP contribution in [0.15, 0.2) is 82.6 Å². The van der Waals surface area contributed by atoms with Gasteiger partial charge in [-0.2, -0.15) is 0 Å². The molecule has 0 atom stereocenters. The molecule has 5 nitrogen and oxygen atoms in total. The van der Waals surface area contributed by atoms with Gasteiger partial charge < -0.3 is 9.84 Å². The molecule has 0 bridgehead atoms. The third-order valence-corrected chi connectivity index (χ3v) is 5.22. The maximum Gasteiger partial charge on any atom is 0.338 e.